The van der Waals surface area contributed by atoms with Crippen LogP contribution in [0.4, 0.5) is 4.79 Å². The molecule has 1 aromatic heterocycles. The van der Waals surface area contributed by atoms with E-state index in [1.807, 2.05) is 0 Å². The Bertz CT molecular complexity index is 536. The fourth-order valence-corrected chi connectivity index (χ4v) is 2.22. The second-order valence-electron chi connectivity index (χ2n) is 4.76. The number of likely N-dealkylation sites (tertiary alicyclic amines) is 1. The van der Waals surface area contributed by atoms with E-state index in [-0.39, 0.29) is 19.5 Å². The van der Waals surface area contributed by atoms with Crippen molar-refractivity contribution in [3.8, 4) is 5.88 Å². The zero-order valence-electron chi connectivity index (χ0n) is 11.5. The molecule has 2 atom stereocenters. The number of aliphatic hydroxyl groups excluding tert-OH is 1. The molecule has 3 N–H and O–H groups in total. The molecular formula is C13H17N3O5. The van der Waals surface area contributed by atoms with Crippen molar-refractivity contribution in [3.63, 3.8) is 0 Å². The summed E-state index contributed by atoms with van der Waals surface area (Å²) in [5, 5.41) is 21.2. The number of nitrogens with zero attached hydrogens (tertiary/aromatic N) is 2. The molecule has 0 spiro atoms. The summed E-state index contributed by atoms with van der Waals surface area (Å²) in [5.41, 5.74) is 0.779. The number of carbonyl (C=O) groups is 2. The van der Waals surface area contributed by atoms with Crippen molar-refractivity contribution in [1.82, 2.24) is 15.2 Å². The molecule has 1 aromatic rings. The van der Waals surface area contributed by atoms with Gasteiger partial charge in [-0.05, 0) is 11.6 Å². The number of ether oxygens (including phenoxy) is 1. The summed E-state index contributed by atoms with van der Waals surface area (Å²) in [7, 11) is 1.49. The van der Waals surface area contributed by atoms with Gasteiger partial charge in [-0.3, -0.25) is 0 Å². The number of carboxylic acids is 1. The highest BCUT2D eigenvalue weighted by Gasteiger charge is 2.38. The molecule has 8 nitrogen and oxygen atoms in total. The molecule has 2 unspecified atom stereocenters. The number of pyridine rings is 1. The number of nitrogens with one attached hydrogen (secondary N) is 1. The first kappa shape index (κ1) is 15.0. The molecule has 0 bridgehead atoms. The van der Waals surface area contributed by atoms with Crippen LogP contribution in [-0.4, -0.2) is 57.9 Å². The number of aliphatic carboxylic acids is 1. The van der Waals surface area contributed by atoms with Gasteiger partial charge in [-0.15, -0.1) is 0 Å². The number of β-amino-alcohol motifs (C(OH)–C–C–N with tert-alkyl or cyclic N) is 1. The molecule has 0 aliphatic carbocycles. The lowest BCUT2D eigenvalue weighted by molar-refractivity contribution is -0.141. The number of hydrogen-bond acceptors (Lipinski definition) is 5. The Balaban J connectivity index is 1.96. The van der Waals surface area contributed by atoms with E-state index in [1.54, 1.807) is 18.3 Å². The van der Waals surface area contributed by atoms with Crippen molar-refractivity contribution in [1.29, 1.82) is 0 Å². The maximum atomic E-state index is 12.0. The molecule has 1 saturated heterocycles. The lowest BCUT2D eigenvalue weighted by Crippen LogP contribution is -2.45. The van der Waals surface area contributed by atoms with Crippen molar-refractivity contribution in [3.05, 3.63) is 23.9 Å². The third kappa shape index (κ3) is 3.60. The molecule has 2 rings (SSSR count). The minimum atomic E-state index is -1.12. The Morgan fingerprint density at radius 3 is 3.00 bits per heavy atom. The van der Waals surface area contributed by atoms with Crippen molar-refractivity contribution in [2.24, 2.45) is 0 Å². The maximum Gasteiger partial charge on any atom is 0.326 e. The van der Waals surface area contributed by atoms with E-state index in [4.69, 9.17) is 9.84 Å². The Labute approximate surface area is 121 Å². The summed E-state index contributed by atoms with van der Waals surface area (Å²) in [6, 6.07) is 1.88. The van der Waals surface area contributed by atoms with Crippen molar-refractivity contribution >= 4 is 12.0 Å². The standard InChI is InChI=1S/C13H17N3O5/c1-21-11-4-8(2-3-14-11)6-15-13(20)16-7-9(17)5-10(16)12(18)19/h2-4,9-10,17H,5-7H2,1H3,(H,15,20)(H,18,19). The highest BCUT2D eigenvalue weighted by atomic mass is 16.5. The number of methoxy groups -OCH3 is 1. The number of aliphatic hydroxyl groups is 1. The minimum Gasteiger partial charge on any atom is -0.481 e. The molecule has 1 aliphatic rings. The predicted molar refractivity (Wildman–Crippen MR) is 71.8 cm³/mol. The molecule has 8 heteroatoms. The van der Waals surface area contributed by atoms with E-state index in [1.165, 1.54) is 7.11 Å². The van der Waals surface area contributed by atoms with Gasteiger partial charge < -0.3 is 25.2 Å². The molecule has 0 saturated carbocycles. The Hall–Kier alpha value is -2.35. The van der Waals surface area contributed by atoms with Gasteiger partial charge in [0.2, 0.25) is 5.88 Å². The van der Waals surface area contributed by atoms with Gasteiger partial charge in [0.15, 0.2) is 0 Å². The van der Waals surface area contributed by atoms with E-state index in [0.29, 0.717) is 5.88 Å². The quantitative estimate of drug-likeness (QED) is 0.710. The zero-order valence-corrected chi connectivity index (χ0v) is 11.5. The Morgan fingerprint density at radius 1 is 1.57 bits per heavy atom. The van der Waals surface area contributed by atoms with Crippen LogP contribution in [0, 0.1) is 0 Å². The molecule has 1 aliphatic heterocycles. The van der Waals surface area contributed by atoms with Crippen LogP contribution in [0.5, 0.6) is 5.88 Å². The summed E-state index contributed by atoms with van der Waals surface area (Å²) in [6.07, 6.45) is 0.795. The second-order valence-corrected chi connectivity index (χ2v) is 4.76. The number of urea groups is 1. The molecule has 2 amide bonds. The van der Waals surface area contributed by atoms with Crippen molar-refractivity contribution in [2.75, 3.05) is 13.7 Å². The third-order valence-corrected chi connectivity index (χ3v) is 3.28. The lowest BCUT2D eigenvalue weighted by Gasteiger charge is -2.21. The lowest BCUT2D eigenvalue weighted by atomic mass is 10.2. The first-order valence-corrected chi connectivity index (χ1v) is 6.45. The van der Waals surface area contributed by atoms with Crippen LogP contribution in [-0.2, 0) is 11.3 Å². The van der Waals surface area contributed by atoms with Crippen LogP contribution < -0.4 is 10.1 Å². The molecule has 21 heavy (non-hydrogen) atoms. The second kappa shape index (κ2) is 6.40. The summed E-state index contributed by atoms with van der Waals surface area (Å²) in [4.78, 5) is 28.2. The number of carboxylic acid groups (broad SMARTS) is 1. The normalized spacial score (nSPS) is 21.1. The molecule has 1 fully saturated rings. The average molecular weight is 295 g/mol. The number of rotatable bonds is 4. The van der Waals surface area contributed by atoms with Crippen LogP contribution in [0.3, 0.4) is 0 Å². The molecule has 114 valence electrons. The van der Waals surface area contributed by atoms with Crippen molar-refractivity contribution in [2.45, 2.75) is 25.1 Å². The molecule has 2 heterocycles. The summed E-state index contributed by atoms with van der Waals surface area (Å²) < 4.78 is 4.98. The minimum absolute atomic E-state index is 0.0163. The number of carbonyl (C=O) groups excluding carboxylic acids is 1. The maximum absolute atomic E-state index is 12.0. The van der Waals surface area contributed by atoms with Crippen LogP contribution >= 0.6 is 0 Å². The van der Waals surface area contributed by atoms with Crippen LogP contribution in [0.25, 0.3) is 0 Å². The van der Waals surface area contributed by atoms with E-state index in [0.717, 1.165) is 10.5 Å². The first-order valence-electron chi connectivity index (χ1n) is 6.45. The topological polar surface area (TPSA) is 112 Å². The highest BCUT2D eigenvalue weighted by Crippen LogP contribution is 2.18. The Kier molecular flexibility index (Phi) is 4.59. The summed E-state index contributed by atoms with van der Waals surface area (Å²) in [5.74, 6) is -0.686. The van der Waals surface area contributed by atoms with Crippen LogP contribution in [0.15, 0.2) is 18.3 Å². The molecular weight excluding hydrogens is 278 g/mol. The van der Waals surface area contributed by atoms with Crippen LogP contribution in [0.2, 0.25) is 0 Å². The van der Waals surface area contributed by atoms with E-state index in [9.17, 15) is 14.7 Å². The molecule has 0 aromatic carbocycles. The predicted octanol–water partition coefficient (Wildman–Crippen LogP) is -0.180. The largest absolute Gasteiger partial charge is 0.481 e. The monoisotopic (exact) mass is 295 g/mol. The first-order chi connectivity index (χ1) is 10.0. The average Bonchev–Trinajstić information content (AvgIpc) is 2.87. The van der Waals surface area contributed by atoms with E-state index < -0.39 is 24.1 Å². The fraction of sp³-hybridized carbons (Fsp3) is 0.462. The van der Waals surface area contributed by atoms with Crippen molar-refractivity contribution < 1.29 is 24.5 Å². The number of aromatic nitrogens is 1. The van der Waals surface area contributed by atoms with Gasteiger partial charge in [0.1, 0.15) is 6.04 Å². The van der Waals surface area contributed by atoms with Gasteiger partial charge in [0.05, 0.1) is 13.2 Å². The SMILES string of the molecule is COc1cc(CNC(=O)N2CC(O)CC2C(=O)O)ccn1. The third-order valence-electron chi connectivity index (χ3n) is 3.28. The smallest absolute Gasteiger partial charge is 0.326 e. The van der Waals surface area contributed by atoms with Gasteiger partial charge >= 0.3 is 12.0 Å². The van der Waals surface area contributed by atoms with Gasteiger partial charge in [-0.25, -0.2) is 14.6 Å². The van der Waals surface area contributed by atoms with E-state index in [2.05, 4.69) is 10.3 Å². The highest BCUT2D eigenvalue weighted by molar-refractivity contribution is 5.83. The summed E-state index contributed by atoms with van der Waals surface area (Å²) >= 11 is 0. The van der Waals surface area contributed by atoms with Gasteiger partial charge in [0.25, 0.3) is 0 Å². The molecule has 0 radical (unpaired) electrons. The van der Waals surface area contributed by atoms with Gasteiger partial charge in [-0.2, -0.15) is 0 Å². The van der Waals surface area contributed by atoms with Crippen LogP contribution in [0.1, 0.15) is 12.0 Å². The number of hydrogen-bond donors (Lipinski definition) is 3. The van der Waals surface area contributed by atoms with Gasteiger partial charge in [-0.1, -0.05) is 0 Å². The fourth-order valence-electron chi connectivity index (χ4n) is 2.22. The zero-order chi connectivity index (χ0) is 15.4. The van der Waals surface area contributed by atoms with Gasteiger partial charge in [0, 0.05) is 31.8 Å². The summed E-state index contributed by atoms with van der Waals surface area (Å²) in [6.45, 7) is 0.235. The number of amides is 2. The van der Waals surface area contributed by atoms with E-state index >= 15 is 0 Å². The Morgan fingerprint density at radius 2 is 2.33 bits per heavy atom.